The Kier molecular flexibility index (Phi) is 6.99. The van der Waals surface area contributed by atoms with E-state index >= 15 is 0 Å². The molecule has 2 rings (SSSR count). The molecule has 0 bridgehead atoms. The number of hydrogen-bond acceptors (Lipinski definition) is 4. The standard InChI is InChI=1S/C20H33N3O2/c1-5-16(2)20(3,25)15-21-19(24)18(17-9-7-6-8-10-17)23-13-11-22(4)12-14-23/h6-10,16,18,25H,5,11-15H2,1-4H3,(H,21,24). The number of carbonyl (C=O) groups excluding carboxylic acids is 1. The first kappa shape index (κ1) is 19.9. The average Bonchev–Trinajstić information content (AvgIpc) is 2.62. The summed E-state index contributed by atoms with van der Waals surface area (Å²) in [6.07, 6.45) is 0.878. The van der Waals surface area contributed by atoms with E-state index in [4.69, 9.17) is 0 Å². The summed E-state index contributed by atoms with van der Waals surface area (Å²) in [6, 6.07) is 9.63. The van der Waals surface area contributed by atoms with Crippen LogP contribution in [0.3, 0.4) is 0 Å². The fourth-order valence-electron chi connectivity index (χ4n) is 3.22. The molecule has 25 heavy (non-hydrogen) atoms. The Hall–Kier alpha value is -1.43. The predicted octanol–water partition coefficient (Wildman–Crippen LogP) is 1.89. The maximum atomic E-state index is 13.0. The molecule has 5 heteroatoms. The molecule has 5 nitrogen and oxygen atoms in total. The van der Waals surface area contributed by atoms with Gasteiger partial charge in [-0.25, -0.2) is 0 Å². The molecule has 1 saturated heterocycles. The third kappa shape index (κ3) is 5.27. The number of likely N-dealkylation sites (N-methyl/N-ethyl adjacent to an activating group) is 1. The minimum atomic E-state index is -0.895. The van der Waals surface area contributed by atoms with Crippen molar-refractivity contribution in [2.45, 2.75) is 38.8 Å². The second-order valence-corrected chi connectivity index (χ2v) is 7.54. The van der Waals surface area contributed by atoms with Crippen molar-refractivity contribution in [2.24, 2.45) is 5.92 Å². The Labute approximate surface area is 152 Å². The largest absolute Gasteiger partial charge is 0.388 e. The van der Waals surface area contributed by atoms with Gasteiger partial charge in [-0.1, -0.05) is 50.6 Å². The molecule has 0 aliphatic carbocycles. The molecule has 0 aromatic heterocycles. The number of piperazine rings is 1. The summed E-state index contributed by atoms with van der Waals surface area (Å²) < 4.78 is 0. The van der Waals surface area contributed by atoms with E-state index in [-0.39, 0.29) is 24.4 Å². The van der Waals surface area contributed by atoms with E-state index in [1.54, 1.807) is 6.92 Å². The number of hydrogen-bond donors (Lipinski definition) is 2. The zero-order chi connectivity index (χ0) is 18.4. The quantitative estimate of drug-likeness (QED) is 0.791. The monoisotopic (exact) mass is 347 g/mol. The molecule has 1 fully saturated rings. The smallest absolute Gasteiger partial charge is 0.242 e. The van der Waals surface area contributed by atoms with Crippen LogP contribution in [0.4, 0.5) is 0 Å². The molecule has 140 valence electrons. The highest BCUT2D eigenvalue weighted by Gasteiger charge is 2.32. The maximum absolute atomic E-state index is 13.0. The molecule has 3 atom stereocenters. The van der Waals surface area contributed by atoms with Crippen molar-refractivity contribution in [1.29, 1.82) is 0 Å². The minimum absolute atomic E-state index is 0.0284. The predicted molar refractivity (Wildman–Crippen MR) is 101 cm³/mol. The molecule has 2 N–H and O–H groups in total. The van der Waals surface area contributed by atoms with E-state index in [2.05, 4.69) is 29.1 Å². The summed E-state index contributed by atoms with van der Waals surface area (Å²) in [5, 5.41) is 13.6. The molecule has 1 aliphatic rings. The second kappa shape index (κ2) is 8.79. The van der Waals surface area contributed by atoms with Crippen LogP contribution < -0.4 is 5.32 Å². The summed E-state index contributed by atoms with van der Waals surface area (Å²) >= 11 is 0. The number of aliphatic hydroxyl groups is 1. The van der Waals surface area contributed by atoms with Crippen LogP contribution in [0.25, 0.3) is 0 Å². The molecule has 0 radical (unpaired) electrons. The van der Waals surface area contributed by atoms with Crippen LogP contribution in [0.1, 0.15) is 38.8 Å². The van der Waals surface area contributed by atoms with Crippen molar-refractivity contribution in [3.8, 4) is 0 Å². The first-order valence-electron chi connectivity index (χ1n) is 9.32. The van der Waals surface area contributed by atoms with E-state index in [9.17, 15) is 9.90 Å². The highest BCUT2D eigenvalue weighted by atomic mass is 16.3. The highest BCUT2D eigenvalue weighted by molar-refractivity contribution is 5.83. The summed E-state index contributed by atoms with van der Waals surface area (Å²) in [4.78, 5) is 17.5. The van der Waals surface area contributed by atoms with Crippen LogP contribution >= 0.6 is 0 Å². The second-order valence-electron chi connectivity index (χ2n) is 7.54. The van der Waals surface area contributed by atoms with Crippen molar-refractivity contribution in [2.75, 3.05) is 39.8 Å². The fraction of sp³-hybridized carbons (Fsp3) is 0.650. The van der Waals surface area contributed by atoms with E-state index in [0.29, 0.717) is 0 Å². The van der Waals surface area contributed by atoms with E-state index in [0.717, 1.165) is 38.2 Å². The van der Waals surface area contributed by atoms with Crippen molar-refractivity contribution < 1.29 is 9.90 Å². The lowest BCUT2D eigenvalue weighted by Crippen LogP contribution is -2.52. The third-order valence-electron chi connectivity index (χ3n) is 5.56. The van der Waals surface area contributed by atoms with E-state index in [1.807, 2.05) is 37.3 Å². The average molecular weight is 348 g/mol. The Morgan fingerprint density at radius 2 is 1.84 bits per heavy atom. The van der Waals surface area contributed by atoms with Crippen molar-refractivity contribution in [1.82, 2.24) is 15.1 Å². The topological polar surface area (TPSA) is 55.8 Å². The zero-order valence-electron chi connectivity index (χ0n) is 16.0. The number of nitrogens with zero attached hydrogens (tertiary/aromatic N) is 2. The lowest BCUT2D eigenvalue weighted by Gasteiger charge is -2.38. The number of nitrogens with one attached hydrogen (secondary N) is 1. The van der Waals surface area contributed by atoms with Gasteiger partial charge in [-0.3, -0.25) is 9.69 Å². The van der Waals surface area contributed by atoms with Gasteiger partial charge in [0.1, 0.15) is 6.04 Å². The first-order valence-corrected chi connectivity index (χ1v) is 9.32. The Bertz CT molecular complexity index is 539. The molecule has 1 aliphatic heterocycles. The van der Waals surface area contributed by atoms with Crippen LogP contribution in [-0.2, 0) is 4.79 Å². The number of rotatable bonds is 7. The molecule has 1 aromatic rings. The van der Waals surface area contributed by atoms with Crippen LogP contribution in [0, 0.1) is 5.92 Å². The SMILES string of the molecule is CCC(C)C(C)(O)CNC(=O)C(c1ccccc1)N1CCN(C)CC1. The molecule has 1 amide bonds. The normalized spacial score (nSPS) is 21.3. The van der Waals surface area contributed by atoms with Gasteiger partial charge in [0.05, 0.1) is 5.60 Å². The van der Waals surface area contributed by atoms with Crippen LogP contribution in [0.5, 0.6) is 0 Å². The van der Waals surface area contributed by atoms with Gasteiger partial charge in [-0.2, -0.15) is 0 Å². The van der Waals surface area contributed by atoms with Gasteiger partial charge in [0.2, 0.25) is 5.91 Å². The first-order chi connectivity index (χ1) is 11.8. The van der Waals surface area contributed by atoms with Crippen LogP contribution in [-0.4, -0.2) is 66.2 Å². The van der Waals surface area contributed by atoms with Gasteiger partial charge in [0.25, 0.3) is 0 Å². The Morgan fingerprint density at radius 1 is 1.24 bits per heavy atom. The van der Waals surface area contributed by atoms with Gasteiger partial charge in [0.15, 0.2) is 0 Å². The molecular weight excluding hydrogens is 314 g/mol. The molecule has 1 aromatic carbocycles. The highest BCUT2D eigenvalue weighted by Crippen LogP contribution is 2.24. The number of carbonyl (C=O) groups is 1. The summed E-state index contributed by atoms with van der Waals surface area (Å²) in [7, 11) is 2.11. The molecule has 0 spiro atoms. The fourth-order valence-corrected chi connectivity index (χ4v) is 3.22. The van der Waals surface area contributed by atoms with E-state index in [1.165, 1.54) is 0 Å². The van der Waals surface area contributed by atoms with Crippen molar-refractivity contribution in [3.05, 3.63) is 35.9 Å². The molecule has 0 saturated carbocycles. The Morgan fingerprint density at radius 3 is 2.40 bits per heavy atom. The summed E-state index contributed by atoms with van der Waals surface area (Å²) in [5.41, 5.74) is 0.112. The van der Waals surface area contributed by atoms with Crippen LogP contribution in [0.15, 0.2) is 30.3 Å². The van der Waals surface area contributed by atoms with Crippen molar-refractivity contribution in [3.63, 3.8) is 0 Å². The van der Waals surface area contributed by atoms with Gasteiger partial charge in [-0.05, 0) is 25.5 Å². The molecule has 3 unspecified atom stereocenters. The van der Waals surface area contributed by atoms with Crippen LogP contribution in [0.2, 0.25) is 0 Å². The lowest BCUT2D eigenvalue weighted by molar-refractivity contribution is -0.129. The van der Waals surface area contributed by atoms with Crippen molar-refractivity contribution >= 4 is 5.91 Å². The van der Waals surface area contributed by atoms with Gasteiger partial charge in [0, 0.05) is 32.7 Å². The number of amides is 1. The number of benzene rings is 1. The van der Waals surface area contributed by atoms with E-state index < -0.39 is 5.60 Å². The minimum Gasteiger partial charge on any atom is -0.388 e. The molecule has 1 heterocycles. The van der Waals surface area contributed by atoms with Gasteiger partial charge < -0.3 is 15.3 Å². The summed E-state index contributed by atoms with van der Waals surface area (Å²) in [5.74, 6) is 0.103. The Balaban J connectivity index is 2.11. The van der Waals surface area contributed by atoms with Gasteiger partial charge in [-0.15, -0.1) is 0 Å². The third-order valence-corrected chi connectivity index (χ3v) is 5.56. The zero-order valence-corrected chi connectivity index (χ0v) is 16.0. The van der Waals surface area contributed by atoms with Gasteiger partial charge >= 0.3 is 0 Å². The lowest BCUT2D eigenvalue weighted by atomic mass is 9.88. The summed E-state index contributed by atoms with van der Waals surface area (Å²) in [6.45, 7) is 9.80. The maximum Gasteiger partial charge on any atom is 0.242 e. The molecular formula is C20H33N3O2.